The van der Waals surface area contributed by atoms with Gasteiger partial charge in [-0.05, 0) is 47.4 Å². The summed E-state index contributed by atoms with van der Waals surface area (Å²) in [7, 11) is -3.99. The van der Waals surface area contributed by atoms with Gasteiger partial charge in [-0.1, -0.05) is 79.5 Å². The first-order chi connectivity index (χ1) is 18.8. The van der Waals surface area contributed by atoms with Crippen LogP contribution in [0.1, 0.15) is 25.0 Å². The lowest BCUT2D eigenvalue weighted by Gasteiger charge is -2.33. The Kier molecular flexibility index (Phi) is 11.0. The largest absolute Gasteiger partial charge is 0.354 e. The zero-order valence-corrected chi connectivity index (χ0v) is 24.8. The maximum Gasteiger partial charge on any atom is 0.244 e. The minimum Gasteiger partial charge on any atom is -0.354 e. The number of nitrogens with one attached hydrogen (secondary N) is 1. The van der Waals surface area contributed by atoms with Gasteiger partial charge in [0.2, 0.25) is 21.8 Å². The van der Waals surface area contributed by atoms with Crippen molar-refractivity contribution >= 4 is 50.7 Å². The Morgan fingerprint density at radius 3 is 2.23 bits per heavy atom. The lowest BCUT2D eigenvalue weighted by Crippen LogP contribution is -2.53. The summed E-state index contributed by atoms with van der Waals surface area (Å²) >= 11 is 12.3. The average Bonchev–Trinajstić information content (AvgIpc) is 2.89. The Balaban J connectivity index is 2.06. The zero-order chi connectivity index (χ0) is 29.4. The van der Waals surface area contributed by atoms with E-state index in [0.29, 0.717) is 17.1 Å². The molecule has 0 fully saturated rings. The van der Waals surface area contributed by atoms with Crippen molar-refractivity contribution in [2.45, 2.75) is 32.9 Å². The molecule has 0 aliphatic heterocycles. The molecule has 0 aliphatic rings. The summed E-state index contributed by atoms with van der Waals surface area (Å²) in [4.78, 5) is 28.9. The quantitative estimate of drug-likeness (QED) is 0.302. The molecule has 2 amide bonds. The van der Waals surface area contributed by atoms with Crippen LogP contribution < -0.4 is 9.62 Å². The van der Waals surface area contributed by atoms with Gasteiger partial charge < -0.3 is 10.2 Å². The predicted octanol–water partition coefficient (Wildman–Crippen LogP) is 5.31. The molecule has 40 heavy (non-hydrogen) atoms. The van der Waals surface area contributed by atoms with Gasteiger partial charge in [0.25, 0.3) is 0 Å². The summed E-state index contributed by atoms with van der Waals surface area (Å²) in [5.41, 5.74) is 1.40. The molecule has 0 bridgehead atoms. The third kappa shape index (κ3) is 8.94. The number of carbonyl (C=O) groups excluding carboxylic acids is 2. The molecule has 11 heteroatoms. The van der Waals surface area contributed by atoms with Crippen molar-refractivity contribution < 1.29 is 22.4 Å². The maximum atomic E-state index is 14.0. The number of hydrogen-bond donors (Lipinski definition) is 1. The van der Waals surface area contributed by atoms with Gasteiger partial charge in [-0.25, -0.2) is 12.8 Å². The van der Waals surface area contributed by atoms with Crippen LogP contribution in [0.25, 0.3) is 0 Å². The van der Waals surface area contributed by atoms with Gasteiger partial charge in [0.15, 0.2) is 0 Å². The zero-order valence-electron chi connectivity index (χ0n) is 22.5. The van der Waals surface area contributed by atoms with Gasteiger partial charge in [0, 0.05) is 19.5 Å². The highest BCUT2D eigenvalue weighted by Crippen LogP contribution is 2.25. The third-order valence-electron chi connectivity index (χ3n) is 6.07. The molecular formula is C29H32Cl2FN3O4S. The van der Waals surface area contributed by atoms with Crippen molar-refractivity contribution in [1.82, 2.24) is 10.2 Å². The van der Waals surface area contributed by atoms with Crippen LogP contribution in [-0.2, 0) is 32.6 Å². The van der Waals surface area contributed by atoms with Crippen LogP contribution in [0.2, 0.25) is 10.0 Å². The number of anilines is 1. The lowest BCUT2D eigenvalue weighted by atomic mass is 10.0. The van der Waals surface area contributed by atoms with E-state index in [0.717, 1.165) is 22.2 Å². The number of rotatable bonds is 12. The van der Waals surface area contributed by atoms with Crippen LogP contribution in [0.4, 0.5) is 10.1 Å². The Hall–Kier alpha value is -3.14. The molecule has 0 unspecified atom stereocenters. The van der Waals surface area contributed by atoms with Crippen molar-refractivity contribution in [2.24, 2.45) is 5.92 Å². The first-order valence-corrected chi connectivity index (χ1v) is 15.2. The molecule has 0 aromatic heterocycles. The van der Waals surface area contributed by atoms with Crippen LogP contribution in [0, 0.1) is 11.7 Å². The fraction of sp³-hybridized carbons (Fsp3) is 0.310. The Bertz CT molecular complexity index is 1440. The molecule has 3 aromatic carbocycles. The van der Waals surface area contributed by atoms with E-state index in [1.807, 2.05) is 44.2 Å². The standard InChI is InChI=1S/C29H32Cl2FN3O4S/c1-20(2)17-33-29(37)27(15-21-8-5-4-6-9-21)34(18-22-12-13-25(30)26(31)14-22)28(36)19-35(40(3,38)39)24-11-7-10-23(32)16-24/h4-14,16,20,27H,15,17-19H2,1-3H3,(H,33,37)/t27-/m0/s1. The predicted molar refractivity (Wildman–Crippen MR) is 157 cm³/mol. The number of halogens is 3. The van der Waals surface area contributed by atoms with Gasteiger partial charge in [-0.2, -0.15) is 0 Å². The molecule has 1 N–H and O–H groups in total. The minimum absolute atomic E-state index is 0.00536. The second kappa shape index (κ2) is 14.0. The molecule has 7 nitrogen and oxygen atoms in total. The van der Waals surface area contributed by atoms with Crippen molar-refractivity contribution in [3.63, 3.8) is 0 Å². The molecular weight excluding hydrogens is 576 g/mol. The van der Waals surface area contributed by atoms with Crippen molar-refractivity contribution in [2.75, 3.05) is 23.7 Å². The molecule has 0 heterocycles. The topological polar surface area (TPSA) is 86.8 Å². The van der Waals surface area contributed by atoms with E-state index >= 15 is 0 Å². The summed E-state index contributed by atoms with van der Waals surface area (Å²) in [6, 6.07) is 18.1. The van der Waals surface area contributed by atoms with Gasteiger partial charge in [0.05, 0.1) is 22.0 Å². The summed E-state index contributed by atoms with van der Waals surface area (Å²) in [6.07, 6.45) is 1.11. The number of nitrogens with zero attached hydrogens (tertiary/aromatic N) is 2. The van der Waals surface area contributed by atoms with Crippen molar-refractivity contribution in [3.05, 3.63) is 99.8 Å². The smallest absolute Gasteiger partial charge is 0.244 e. The van der Waals surface area contributed by atoms with E-state index < -0.39 is 34.3 Å². The molecule has 3 rings (SSSR count). The van der Waals surface area contributed by atoms with E-state index in [1.54, 1.807) is 18.2 Å². The Morgan fingerprint density at radius 2 is 1.62 bits per heavy atom. The fourth-order valence-electron chi connectivity index (χ4n) is 4.06. The van der Waals surface area contributed by atoms with Crippen LogP contribution in [0.15, 0.2) is 72.8 Å². The Morgan fingerprint density at radius 1 is 0.925 bits per heavy atom. The highest BCUT2D eigenvalue weighted by atomic mass is 35.5. The first kappa shape index (κ1) is 31.4. The second-order valence-electron chi connectivity index (χ2n) is 9.86. The first-order valence-electron chi connectivity index (χ1n) is 12.6. The highest BCUT2D eigenvalue weighted by molar-refractivity contribution is 7.92. The summed E-state index contributed by atoms with van der Waals surface area (Å²) in [6.45, 7) is 3.59. The van der Waals surface area contributed by atoms with E-state index in [2.05, 4.69) is 5.32 Å². The van der Waals surface area contributed by atoms with Crippen LogP contribution in [0.3, 0.4) is 0 Å². The van der Waals surface area contributed by atoms with Gasteiger partial charge in [-0.15, -0.1) is 0 Å². The molecule has 1 atom stereocenters. The van der Waals surface area contributed by atoms with E-state index in [4.69, 9.17) is 23.2 Å². The second-order valence-corrected chi connectivity index (χ2v) is 12.6. The number of amides is 2. The molecule has 0 aliphatic carbocycles. The summed E-state index contributed by atoms with van der Waals surface area (Å²) in [5.74, 6) is -1.53. The maximum absolute atomic E-state index is 14.0. The van der Waals surface area contributed by atoms with Gasteiger partial charge in [0.1, 0.15) is 18.4 Å². The molecule has 0 saturated carbocycles. The molecule has 214 valence electrons. The Labute approximate surface area is 244 Å². The number of sulfonamides is 1. The lowest BCUT2D eigenvalue weighted by molar-refractivity contribution is -0.140. The molecule has 0 saturated heterocycles. The van der Waals surface area contributed by atoms with Crippen LogP contribution in [-0.4, -0.2) is 50.5 Å². The van der Waals surface area contributed by atoms with E-state index in [-0.39, 0.29) is 35.5 Å². The van der Waals surface area contributed by atoms with Gasteiger partial charge in [-0.3, -0.25) is 13.9 Å². The molecule has 3 aromatic rings. The number of benzene rings is 3. The summed E-state index contributed by atoms with van der Waals surface area (Å²) in [5, 5.41) is 3.50. The molecule has 0 spiro atoms. The number of hydrogen-bond acceptors (Lipinski definition) is 4. The van der Waals surface area contributed by atoms with Gasteiger partial charge >= 0.3 is 0 Å². The number of carbonyl (C=O) groups is 2. The van der Waals surface area contributed by atoms with E-state index in [9.17, 15) is 22.4 Å². The van der Waals surface area contributed by atoms with Crippen LogP contribution in [0.5, 0.6) is 0 Å². The minimum atomic E-state index is -3.99. The third-order valence-corrected chi connectivity index (χ3v) is 7.95. The normalized spacial score (nSPS) is 12.2. The van der Waals surface area contributed by atoms with E-state index in [1.165, 1.54) is 23.1 Å². The average molecular weight is 609 g/mol. The monoisotopic (exact) mass is 607 g/mol. The van der Waals surface area contributed by atoms with Crippen molar-refractivity contribution in [1.29, 1.82) is 0 Å². The van der Waals surface area contributed by atoms with Crippen LogP contribution >= 0.6 is 23.2 Å². The SMILES string of the molecule is CC(C)CNC(=O)[C@H](Cc1ccccc1)N(Cc1ccc(Cl)c(Cl)c1)C(=O)CN(c1cccc(F)c1)S(C)(=O)=O. The fourth-order valence-corrected chi connectivity index (χ4v) is 5.22. The summed E-state index contributed by atoms with van der Waals surface area (Å²) < 4.78 is 40.3. The van der Waals surface area contributed by atoms with Crippen molar-refractivity contribution in [3.8, 4) is 0 Å². The molecule has 0 radical (unpaired) electrons. The highest BCUT2D eigenvalue weighted by Gasteiger charge is 2.33.